The van der Waals surface area contributed by atoms with Gasteiger partial charge in [0.2, 0.25) is 0 Å². The summed E-state index contributed by atoms with van der Waals surface area (Å²) in [6.07, 6.45) is 0.850. The van der Waals surface area contributed by atoms with Crippen molar-refractivity contribution >= 4 is 34.5 Å². The van der Waals surface area contributed by atoms with Gasteiger partial charge < -0.3 is 15.0 Å². The highest BCUT2D eigenvalue weighted by molar-refractivity contribution is 7.10. The number of non-ortho nitro benzene ring substituents is 1. The van der Waals surface area contributed by atoms with Crippen LogP contribution >= 0.6 is 11.3 Å². The predicted octanol–water partition coefficient (Wildman–Crippen LogP) is 4.18. The van der Waals surface area contributed by atoms with Crippen LogP contribution in [0.15, 0.2) is 53.9 Å². The summed E-state index contributed by atoms with van der Waals surface area (Å²) in [7, 11) is 0. The Bertz CT molecular complexity index is 1190. The van der Waals surface area contributed by atoms with Crippen molar-refractivity contribution in [2.45, 2.75) is 19.9 Å². The van der Waals surface area contributed by atoms with Gasteiger partial charge in [0, 0.05) is 35.3 Å². The van der Waals surface area contributed by atoms with Gasteiger partial charge in [0.05, 0.1) is 11.0 Å². The summed E-state index contributed by atoms with van der Waals surface area (Å²) in [5.41, 5.74) is 2.82. The van der Waals surface area contributed by atoms with Gasteiger partial charge >= 0.3 is 0 Å². The smallest absolute Gasteiger partial charge is 0.273 e. The van der Waals surface area contributed by atoms with Crippen molar-refractivity contribution in [3.63, 3.8) is 0 Å². The number of thiophene rings is 1. The maximum Gasteiger partial charge on any atom is 0.273 e. The molecule has 0 saturated heterocycles. The van der Waals surface area contributed by atoms with E-state index in [9.17, 15) is 19.7 Å². The van der Waals surface area contributed by atoms with E-state index in [1.165, 1.54) is 28.6 Å². The molecule has 0 aliphatic carbocycles. The molecule has 3 aromatic rings. The summed E-state index contributed by atoms with van der Waals surface area (Å²) in [6.45, 7) is 2.74. The third kappa shape index (κ3) is 4.62. The first kappa shape index (κ1) is 21.5. The van der Waals surface area contributed by atoms with Crippen LogP contribution < -0.4 is 10.1 Å². The van der Waals surface area contributed by atoms with Gasteiger partial charge in [-0.15, -0.1) is 11.3 Å². The quantitative estimate of drug-likeness (QED) is 0.447. The van der Waals surface area contributed by atoms with Crippen molar-refractivity contribution in [2.75, 3.05) is 18.5 Å². The Balaban J connectivity index is 1.41. The van der Waals surface area contributed by atoms with Crippen molar-refractivity contribution in [1.29, 1.82) is 0 Å². The van der Waals surface area contributed by atoms with E-state index in [0.29, 0.717) is 29.9 Å². The maximum atomic E-state index is 13.1. The van der Waals surface area contributed by atoms with Crippen molar-refractivity contribution in [2.24, 2.45) is 0 Å². The number of anilines is 1. The van der Waals surface area contributed by atoms with E-state index in [1.807, 2.05) is 4.90 Å². The minimum atomic E-state index is -0.527. The first-order chi connectivity index (χ1) is 15.4. The highest BCUT2D eigenvalue weighted by atomic mass is 32.1. The van der Waals surface area contributed by atoms with Gasteiger partial charge in [-0.25, -0.2) is 0 Å². The number of carbonyl (C=O) groups is 2. The Labute approximate surface area is 188 Å². The van der Waals surface area contributed by atoms with E-state index >= 15 is 0 Å². The normalized spacial score (nSPS) is 12.7. The van der Waals surface area contributed by atoms with Crippen LogP contribution in [0.2, 0.25) is 0 Å². The fourth-order valence-electron chi connectivity index (χ4n) is 3.62. The summed E-state index contributed by atoms with van der Waals surface area (Å²) < 4.78 is 5.38. The largest absolute Gasteiger partial charge is 0.484 e. The Morgan fingerprint density at radius 1 is 1.22 bits per heavy atom. The van der Waals surface area contributed by atoms with Crippen LogP contribution in [0.3, 0.4) is 0 Å². The van der Waals surface area contributed by atoms with E-state index in [0.717, 1.165) is 6.42 Å². The number of rotatable bonds is 6. The Kier molecular flexibility index (Phi) is 6.18. The molecule has 0 spiro atoms. The summed E-state index contributed by atoms with van der Waals surface area (Å²) in [5.74, 6) is -0.263. The number of nitro groups is 1. The molecule has 8 nitrogen and oxygen atoms in total. The lowest BCUT2D eigenvalue weighted by atomic mass is 10.0. The molecular formula is C23H21N3O5S. The third-order valence-electron chi connectivity index (χ3n) is 5.33. The van der Waals surface area contributed by atoms with Gasteiger partial charge in [-0.3, -0.25) is 19.7 Å². The van der Waals surface area contributed by atoms with E-state index in [2.05, 4.69) is 16.8 Å². The molecule has 2 aromatic carbocycles. The molecule has 1 aliphatic heterocycles. The summed E-state index contributed by atoms with van der Waals surface area (Å²) >= 11 is 1.72. The van der Waals surface area contributed by atoms with E-state index < -0.39 is 10.8 Å². The summed E-state index contributed by atoms with van der Waals surface area (Å²) in [6, 6.07) is 12.9. The van der Waals surface area contributed by atoms with Crippen molar-refractivity contribution < 1.29 is 19.2 Å². The monoisotopic (exact) mass is 451 g/mol. The first-order valence-electron chi connectivity index (χ1n) is 10.0. The topological polar surface area (TPSA) is 102 Å². The lowest BCUT2D eigenvalue weighted by molar-refractivity contribution is -0.384. The molecular weight excluding hydrogens is 430 g/mol. The molecule has 9 heteroatoms. The maximum absolute atomic E-state index is 13.1. The van der Waals surface area contributed by atoms with Gasteiger partial charge in [0.25, 0.3) is 17.5 Å². The van der Waals surface area contributed by atoms with Crippen LogP contribution in [0.1, 0.15) is 26.4 Å². The molecule has 1 aliphatic rings. The molecule has 1 aromatic heterocycles. The van der Waals surface area contributed by atoms with Gasteiger partial charge in [-0.05, 0) is 54.1 Å². The molecule has 32 heavy (non-hydrogen) atoms. The zero-order chi connectivity index (χ0) is 22.7. The number of carbonyl (C=O) groups excluding carboxylic acids is 2. The highest BCUT2D eigenvalue weighted by Crippen LogP contribution is 2.27. The fourth-order valence-corrected chi connectivity index (χ4v) is 4.51. The average Bonchev–Trinajstić information content (AvgIpc) is 3.27. The SMILES string of the molecule is Cc1c(NC(=O)COc2cccc([N+](=O)[O-])c2)cccc1C(=O)N1CCc2sccc2C1. The molecule has 0 atom stereocenters. The van der Waals surface area contributed by atoms with E-state index in [-0.39, 0.29) is 24.0 Å². The van der Waals surface area contributed by atoms with Gasteiger partial charge in [0.15, 0.2) is 6.61 Å². The molecule has 2 heterocycles. The zero-order valence-corrected chi connectivity index (χ0v) is 18.2. The number of ether oxygens (including phenoxy) is 1. The minimum Gasteiger partial charge on any atom is -0.484 e. The molecule has 164 valence electrons. The number of nitro benzene ring substituents is 1. The molecule has 4 rings (SSSR count). The summed E-state index contributed by atoms with van der Waals surface area (Å²) in [4.78, 5) is 39.0. The number of hydrogen-bond acceptors (Lipinski definition) is 6. The van der Waals surface area contributed by atoms with Crippen LogP contribution in [0.5, 0.6) is 5.75 Å². The molecule has 0 unspecified atom stereocenters. The van der Waals surface area contributed by atoms with Crippen molar-refractivity contribution in [3.05, 3.63) is 85.6 Å². The highest BCUT2D eigenvalue weighted by Gasteiger charge is 2.24. The van der Waals surface area contributed by atoms with Crippen LogP contribution in [0.25, 0.3) is 0 Å². The Morgan fingerprint density at radius 3 is 2.84 bits per heavy atom. The fraction of sp³-hybridized carbons (Fsp3) is 0.217. The lowest BCUT2D eigenvalue weighted by Gasteiger charge is -2.28. The second-order valence-electron chi connectivity index (χ2n) is 7.42. The van der Waals surface area contributed by atoms with E-state index in [1.54, 1.807) is 42.5 Å². The molecule has 1 N–H and O–H groups in total. The Morgan fingerprint density at radius 2 is 2.03 bits per heavy atom. The molecule has 0 radical (unpaired) electrons. The van der Waals surface area contributed by atoms with Crippen molar-refractivity contribution in [3.8, 4) is 5.75 Å². The number of benzene rings is 2. The molecule has 0 saturated carbocycles. The van der Waals surface area contributed by atoms with Crippen LogP contribution in [0.4, 0.5) is 11.4 Å². The standard InChI is InChI=1S/C23H21N3O5S/c1-15-19(23(28)25-10-8-21-16(13-25)9-11-32-21)6-3-7-20(15)24-22(27)14-31-18-5-2-4-17(12-18)26(29)30/h2-7,9,11-12H,8,10,13-14H2,1H3,(H,24,27). The molecule has 0 bridgehead atoms. The van der Waals surface area contributed by atoms with Gasteiger partial charge in [-0.1, -0.05) is 12.1 Å². The zero-order valence-electron chi connectivity index (χ0n) is 17.4. The summed E-state index contributed by atoms with van der Waals surface area (Å²) in [5, 5.41) is 15.7. The number of hydrogen-bond donors (Lipinski definition) is 1. The molecule has 2 amide bonds. The number of fused-ring (bicyclic) bond motifs is 1. The predicted molar refractivity (Wildman–Crippen MR) is 121 cm³/mol. The average molecular weight is 452 g/mol. The van der Waals surface area contributed by atoms with Gasteiger partial charge in [0.1, 0.15) is 5.75 Å². The number of nitrogens with zero attached hydrogens (tertiary/aromatic N) is 2. The Hall–Kier alpha value is -3.72. The van der Waals surface area contributed by atoms with Gasteiger partial charge in [-0.2, -0.15) is 0 Å². The second kappa shape index (κ2) is 9.19. The van der Waals surface area contributed by atoms with Crippen LogP contribution in [-0.2, 0) is 17.8 Å². The lowest BCUT2D eigenvalue weighted by Crippen LogP contribution is -2.35. The molecule has 0 fully saturated rings. The third-order valence-corrected chi connectivity index (χ3v) is 6.35. The first-order valence-corrected chi connectivity index (χ1v) is 10.9. The number of nitrogens with one attached hydrogen (secondary N) is 1. The minimum absolute atomic E-state index is 0.0664. The van der Waals surface area contributed by atoms with Crippen LogP contribution in [0, 0.1) is 17.0 Å². The number of amides is 2. The van der Waals surface area contributed by atoms with Crippen LogP contribution in [-0.4, -0.2) is 34.8 Å². The van der Waals surface area contributed by atoms with Crippen molar-refractivity contribution in [1.82, 2.24) is 4.90 Å². The van der Waals surface area contributed by atoms with E-state index in [4.69, 9.17) is 4.74 Å². The second-order valence-corrected chi connectivity index (χ2v) is 8.42.